The zero-order chi connectivity index (χ0) is 14.9. The van der Waals surface area contributed by atoms with E-state index in [0.29, 0.717) is 13.1 Å². The van der Waals surface area contributed by atoms with E-state index in [1.807, 2.05) is 26.8 Å². The first-order chi connectivity index (χ1) is 9.28. The average Bonchev–Trinajstić information content (AvgIpc) is 2.35. The molecule has 110 valence electrons. The summed E-state index contributed by atoms with van der Waals surface area (Å²) in [5, 5.41) is 0. The number of anilines is 1. The second kappa shape index (κ2) is 5.35. The SMILES string of the molecule is CN(C)c1cccc2c1CCN(C(=O)OC(C)(C)C)C2. The van der Waals surface area contributed by atoms with E-state index in [1.54, 1.807) is 4.90 Å². The van der Waals surface area contributed by atoms with Crippen molar-refractivity contribution in [2.24, 2.45) is 0 Å². The van der Waals surface area contributed by atoms with Crippen molar-refractivity contribution in [2.75, 3.05) is 25.5 Å². The minimum absolute atomic E-state index is 0.224. The van der Waals surface area contributed by atoms with Crippen molar-refractivity contribution in [3.63, 3.8) is 0 Å². The standard InChI is InChI=1S/C16H24N2O2/c1-16(2,3)20-15(19)18-10-9-13-12(11-18)7-6-8-14(13)17(4)5/h6-8H,9-11H2,1-5H3. The second-order valence-electron chi connectivity index (χ2n) is 6.46. The van der Waals surface area contributed by atoms with Gasteiger partial charge in [-0.05, 0) is 44.4 Å². The monoisotopic (exact) mass is 276 g/mol. The van der Waals surface area contributed by atoms with Gasteiger partial charge in [-0.3, -0.25) is 0 Å². The fourth-order valence-corrected chi connectivity index (χ4v) is 2.49. The summed E-state index contributed by atoms with van der Waals surface area (Å²) < 4.78 is 5.45. The topological polar surface area (TPSA) is 32.8 Å². The number of amides is 1. The molecule has 0 N–H and O–H groups in total. The number of benzene rings is 1. The van der Waals surface area contributed by atoms with Crippen molar-refractivity contribution in [1.29, 1.82) is 0 Å². The molecule has 2 rings (SSSR count). The lowest BCUT2D eigenvalue weighted by atomic mass is 9.97. The van der Waals surface area contributed by atoms with Crippen molar-refractivity contribution in [3.8, 4) is 0 Å². The van der Waals surface area contributed by atoms with Gasteiger partial charge in [-0.1, -0.05) is 12.1 Å². The Morgan fingerprint density at radius 2 is 2.00 bits per heavy atom. The molecular weight excluding hydrogens is 252 g/mol. The van der Waals surface area contributed by atoms with Gasteiger partial charge in [0.25, 0.3) is 0 Å². The molecule has 0 fully saturated rings. The van der Waals surface area contributed by atoms with Gasteiger partial charge in [-0.2, -0.15) is 0 Å². The fraction of sp³-hybridized carbons (Fsp3) is 0.562. The van der Waals surface area contributed by atoms with Crippen molar-refractivity contribution in [1.82, 2.24) is 4.90 Å². The predicted molar refractivity (Wildman–Crippen MR) is 81.1 cm³/mol. The molecule has 1 aliphatic heterocycles. The Kier molecular flexibility index (Phi) is 3.93. The van der Waals surface area contributed by atoms with Crippen LogP contribution in [0, 0.1) is 0 Å². The number of fused-ring (bicyclic) bond motifs is 1. The van der Waals surface area contributed by atoms with E-state index < -0.39 is 5.60 Å². The summed E-state index contributed by atoms with van der Waals surface area (Å²) in [6.45, 7) is 7.03. The van der Waals surface area contributed by atoms with Crippen LogP contribution in [0.15, 0.2) is 18.2 Å². The van der Waals surface area contributed by atoms with Gasteiger partial charge in [0, 0.05) is 32.9 Å². The highest BCUT2D eigenvalue weighted by Gasteiger charge is 2.26. The highest BCUT2D eigenvalue weighted by atomic mass is 16.6. The first-order valence-electron chi connectivity index (χ1n) is 7.04. The van der Waals surface area contributed by atoms with Crippen LogP contribution < -0.4 is 4.90 Å². The molecule has 0 aromatic heterocycles. The highest BCUT2D eigenvalue weighted by molar-refractivity contribution is 5.69. The van der Waals surface area contributed by atoms with Crippen LogP contribution in [0.4, 0.5) is 10.5 Å². The molecule has 0 bridgehead atoms. The van der Waals surface area contributed by atoms with Gasteiger partial charge in [0.05, 0.1) is 0 Å². The maximum Gasteiger partial charge on any atom is 0.410 e. The summed E-state index contributed by atoms with van der Waals surface area (Å²) in [5.74, 6) is 0. The Morgan fingerprint density at radius 1 is 1.30 bits per heavy atom. The zero-order valence-electron chi connectivity index (χ0n) is 13.1. The molecule has 20 heavy (non-hydrogen) atoms. The van der Waals surface area contributed by atoms with Gasteiger partial charge in [0.2, 0.25) is 0 Å². The Bertz CT molecular complexity index is 504. The number of carbonyl (C=O) groups is 1. The smallest absolute Gasteiger partial charge is 0.410 e. The summed E-state index contributed by atoms with van der Waals surface area (Å²) >= 11 is 0. The molecule has 0 atom stereocenters. The van der Waals surface area contributed by atoms with Crippen LogP contribution in [-0.4, -0.2) is 37.2 Å². The quantitative estimate of drug-likeness (QED) is 0.790. The van der Waals surface area contributed by atoms with E-state index in [1.165, 1.54) is 16.8 Å². The summed E-state index contributed by atoms with van der Waals surface area (Å²) in [5.41, 5.74) is 3.36. The Morgan fingerprint density at radius 3 is 2.60 bits per heavy atom. The van der Waals surface area contributed by atoms with Gasteiger partial charge in [-0.15, -0.1) is 0 Å². The molecular formula is C16H24N2O2. The number of carbonyl (C=O) groups excluding carboxylic acids is 1. The first kappa shape index (κ1) is 14.7. The largest absolute Gasteiger partial charge is 0.444 e. The third kappa shape index (κ3) is 3.24. The van der Waals surface area contributed by atoms with Gasteiger partial charge < -0.3 is 14.5 Å². The maximum absolute atomic E-state index is 12.1. The molecule has 1 aliphatic rings. The number of nitrogens with zero attached hydrogens (tertiary/aromatic N) is 2. The van der Waals surface area contributed by atoms with Crippen molar-refractivity contribution >= 4 is 11.8 Å². The lowest BCUT2D eigenvalue weighted by Crippen LogP contribution is -2.40. The molecule has 0 spiro atoms. The molecule has 0 saturated carbocycles. The lowest BCUT2D eigenvalue weighted by Gasteiger charge is -2.33. The second-order valence-corrected chi connectivity index (χ2v) is 6.46. The van der Waals surface area contributed by atoms with Crippen LogP contribution in [0.25, 0.3) is 0 Å². The van der Waals surface area contributed by atoms with Crippen molar-refractivity contribution in [3.05, 3.63) is 29.3 Å². The summed E-state index contributed by atoms with van der Waals surface area (Å²) in [4.78, 5) is 16.0. The number of ether oxygens (including phenoxy) is 1. The first-order valence-corrected chi connectivity index (χ1v) is 7.04. The van der Waals surface area contributed by atoms with Crippen LogP contribution >= 0.6 is 0 Å². The van der Waals surface area contributed by atoms with E-state index in [0.717, 1.165) is 6.42 Å². The molecule has 1 aromatic rings. The minimum Gasteiger partial charge on any atom is -0.444 e. The third-order valence-electron chi connectivity index (χ3n) is 3.37. The summed E-state index contributed by atoms with van der Waals surface area (Å²) in [7, 11) is 4.10. The van der Waals surface area contributed by atoms with Crippen LogP contribution in [0.1, 0.15) is 31.9 Å². The predicted octanol–water partition coefficient (Wildman–Crippen LogP) is 3.05. The van der Waals surface area contributed by atoms with Gasteiger partial charge in [-0.25, -0.2) is 4.79 Å². The Balaban J connectivity index is 2.16. The highest BCUT2D eigenvalue weighted by Crippen LogP contribution is 2.28. The molecule has 1 aromatic carbocycles. The molecule has 1 amide bonds. The van der Waals surface area contributed by atoms with E-state index >= 15 is 0 Å². The number of hydrogen-bond acceptors (Lipinski definition) is 3. The minimum atomic E-state index is -0.442. The van der Waals surface area contributed by atoms with E-state index in [2.05, 4.69) is 31.1 Å². The Labute approximate surface area is 121 Å². The van der Waals surface area contributed by atoms with E-state index in [4.69, 9.17) is 4.74 Å². The normalized spacial score (nSPS) is 14.8. The van der Waals surface area contributed by atoms with Crippen LogP contribution in [0.2, 0.25) is 0 Å². The van der Waals surface area contributed by atoms with Crippen molar-refractivity contribution in [2.45, 2.75) is 39.3 Å². The molecule has 0 unspecified atom stereocenters. The van der Waals surface area contributed by atoms with Crippen LogP contribution in [0.5, 0.6) is 0 Å². The van der Waals surface area contributed by atoms with Crippen molar-refractivity contribution < 1.29 is 9.53 Å². The maximum atomic E-state index is 12.1. The molecule has 0 radical (unpaired) electrons. The summed E-state index contributed by atoms with van der Waals surface area (Å²) in [6.07, 6.45) is 0.654. The van der Waals surface area contributed by atoms with Crippen LogP contribution in [-0.2, 0) is 17.7 Å². The lowest BCUT2D eigenvalue weighted by molar-refractivity contribution is 0.0224. The van der Waals surface area contributed by atoms with E-state index in [9.17, 15) is 4.79 Å². The molecule has 4 heteroatoms. The molecule has 4 nitrogen and oxygen atoms in total. The zero-order valence-corrected chi connectivity index (χ0v) is 13.1. The number of hydrogen-bond donors (Lipinski definition) is 0. The van der Waals surface area contributed by atoms with E-state index in [-0.39, 0.29) is 6.09 Å². The molecule has 0 aliphatic carbocycles. The Hall–Kier alpha value is -1.71. The van der Waals surface area contributed by atoms with Gasteiger partial charge >= 0.3 is 6.09 Å². The molecule has 1 heterocycles. The fourth-order valence-electron chi connectivity index (χ4n) is 2.49. The van der Waals surface area contributed by atoms with Crippen LogP contribution in [0.3, 0.4) is 0 Å². The summed E-state index contributed by atoms with van der Waals surface area (Å²) in [6, 6.07) is 6.27. The van der Waals surface area contributed by atoms with Gasteiger partial charge in [0.1, 0.15) is 5.60 Å². The third-order valence-corrected chi connectivity index (χ3v) is 3.37. The molecule has 0 saturated heterocycles. The number of rotatable bonds is 1. The van der Waals surface area contributed by atoms with Gasteiger partial charge in [0.15, 0.2) is 0 Å². The average molecular weight is 276 g/mol.